The number of benzene rings is 2. The van der Waals surface area contributed by atoms with E-state index in [1.165, 1.54) is 0 Å². The van der Waals surface area contributed by atoms with Crippen LogP contribution in [0.3, 0.4) is 0 Å². The molecule has 6 heteroatoms. The smallest absolute Gasteiger partial charge is 0.230 e. The van der Waals surface area contributed by atoms with Gasteiger partial charge in [0.1, 0.15) is 17.4 Å². The molecule has 144 valence electrons. The van der Waals surface area contributed by atoms with Crippen LogP contribution in [-0.2, 0) is 17.8 Å². The lowest BCUT2D eigenvalue weighted by Gasteiger charge is -2.09. The van der Waals surface area contributed by atoms with Crippen LogP contribution < -0.4 is 10.1 Å². The molecule has 0 aliphatic carbocycles. The normalized spacial score (nSPS) is 10.5. The summed E-state index contributed by atoms with van der Waals surface area (Å²) in [6, 6.07) is 23.0. The third-order valence-corrected chi connectivity index (χ3v) is 5.08. The van der Waals surface area contributed by atoms with Crippen molar-refractivity contribution in [1.82, 2.24) is 9.97 Å². The number of nitrogens with zero attached hydrogens (tertiary/aromatic N) is 2. The molecule has 1 amide bonds. The molecule has 0 atom stereocenters. The first-order valence-electron chi connectivity index (χ1n) is 9.19. The molecule has 0 aliphatic heterocycles. The molecule has 0 aliphatic rings. The maximum Gasteiger partial charge on any atom is 0.230 e. The molecule has 0 saturated carbocycles. The highest BCUT2D eigenvalue weighted by Gasteiger charge is 2.10. The Balaban J connectivity index is 1.34. The largest absolute Gasteiger partial charge is 0.487 e. The fourth-order valence-corrected chi connectivity index (χ4v) is 3.60. The van der Waals surface area contributed by atoms with E-state index in [0.717, 1.165) is 22.0 Å². The molecule has 2 aromatic carbocycles. The van der Waals surface area contributed by atoms with Crippen molar-refractivity contribution in [2.45, 2.75) is 13.0 Å². The zero-order valence-corrected chi connectivity index (χ0v) is 16.4. The number of hydrogen-bond acceptors (Lipinski definition) is 5. The number of ether oxygens (including phenoxy) is 1. The molecule has 2 aromatic heterocycles. The molecule has 0 fully saturated rings. The summed E-state index contributed by atoms with van der Waals surface area (Å²) < 4.78 is 5.76. The quantitative estimate of drug-likeness (QED) is 0.475. The van der Waals surface area contributed by atoms with Crippen LogP contribution in [0, 0.1) is 0 Å². The van der Waals surface area contributed by atoms with E-state index in [1.807, 2.05) is 72.1 Å². The van der Waals surface area contributed by atoms with E-state index < -0.39 is 0 Å². The van der Waals surface area contributed by atoms with Crippen LogP contribution in [0.5, 0.6) is 5.75 Å². The number of carbonyl (C=O) groups is 1. The van der Waals surface area contributed by atoms with Gasteiger partial charge in [0.15, 0.2) is 0 Å². The molecule has 29 heavy (non-hydrogen) atoms. The number of thiazole rings is 1. The molecule has 1 N–H and O–H groups in total. The minimum atomic E-state index is -0.114. The maximum atomic E-state index is 12.4. The summed E-state index contributed by atoms with van der Waals surface area (Å²) in [6.07, 6.45) is 1.96. The number of aromatic nitrogens is 2. The predicted octanol–water partition coefficient (Wildman–Crippen LogP) is 4.97. The lowest BCUT2D eigenvalue weighted by molar-refractivity contribution is -0.115. The Morgan fingerprint density at radius 3 is 2.66 bits per heavy atom. The summed E-state index contributed by atoms with van der Waals surface area (Å²) in [4.78, 5) is 21.2. The van der Waals surface area contributed by atoms with Crippen LogP contribution in [0.4, 0.5) is 5.69 Å². The van der Waals surface area contributed by atoms with Gasteiger partial charge in [-0.15, -0.1) is 11.3 Å². The highest BCUT2D eigenvalue weighted by Crippen LogP contribution is 2.24. The molecule has 4 aromatic rings. The topological polar surface area (TPSA) is 64.1 Å². The van der Waals surface area contributed by atoms with Gasteiger partial charge in [0.25, 0.3) is 0 Å². The van der Waals surface area contributed by atoms with Crippen LogP contribution in [0.1, 0.15) is 11.4 Å². The summed E-state index contributed by atoms with van der Waals surface area (Å²) in [5, 5.41) is 5.75. The van der Waals surface area contributed by atoms with Crippen molar-refractivity contribution in [1.29, 1.82) is 0 Å². The van der Waals surface area contributed by atoms with Crippen molar-refractivity contribution in [2.75, 3.05) is 5.32 Å². The summed E-state index contributed by atoms with van der Waals surface area (Å²) >= 11 is 1.54. The summed E-state index contributed by atoms with van der Waals surface area (Å²) in [7, 11) is 0. The number of rotatable bonds is 7. The standard InChI is InChI=1S/C23H19N3O2S/c27-22(14-20-16-29-23(26-20)17-7-2-1-3-8-17)25-18-10-6-11-21(13-18)28-15-19-9-4-5-12-24-19/h1-13,16H,14-15H2,(H,25,27). The van der Waals surface area contributed by atoms with E-state index in [0.29, 0.717) is 18.0 Å². The molecular formula is C23H19N3O2S. The van der Waals surface area contributed by atoms with Crippen molar-refractivity contribution >= 4 is 22.9 Å². The second kappa shape index (κ2) is 9.12. The second-order valence-corrected chi connectivity index (χ2v) is 7.23. The minimum Gasteiger partial charge on any atom is -0.487 e. The van der Waals surface area contributed by atoms with Gasteiger partial charge >= 0.3 is 0 Å². The highest BCUT2D eigenvalue weighted by molar-refractivity contribution is 7.13. The van der Waals surface area contributed by atoms with Crippen LogP contribution in [0.25, 0.3) is 10.6 Å². The Morgan fingerprint density at radius 2 is 1.83 bits per heavy atom. The van der Waals surface area contributed by atoms with Crippen LogP contribution in [0.2, 0.25) is 0 Å². The number of pyridine rings is 1. The minimum absolute atomic E-state index is 0.114. The first kappa shape index (κ1) is 18.8. The first-order chi connectivity index (χ1) is 14.3. The van der Waals surface area contributed by atoms with Gasteiger partial charge in [0, 0.05) is 28.9 Å². The molecule has 5 nitrogen and oxygen atoms in total. The molecule has 2 heterocycles. The third kappa shape index (κ3) is 5.27. The van der Waals surface area contributed by atoms with Crippen molar-refractivity contribution in [3.05, 3.63) is 95.8 Å². The number of amides is 1. The van der Waals surface area contributed by atoms with Gasteiger partial charge in [-0.2, -0.15) is 0 Å². The van der Waals surface area contributed by atoms with E-state index in [4.69, 9.17) is 4.74 Å². The SMILES string of the molecule is O=C(Cc1csc(-c2ccccc2)n1)Nc1cccc(OCc2ccccn2)c1. The van der Waals surface area contributed by atoms with Crippen molar-refractivity contribution < 1.29 is 9.53 Å². The van der Waals surface area contributed by atoms with Gasteiger partial charge in [-0.05, 0) is 24.3 Å². The van der Waals surface area contributed by atoms with Crippen molar-refractivity contribution in [3.63, 3.8) is 0 Å². The highest BCUT2D eigenvalue weighted by atomic mass is 32.1. The van der Waals surface area contributed by atoms with Crippen molar-refractivity contribution in [3.8, 4) is 16.3 Å². The first-order valence-corrected chi connectivity index (χ1v) is 10.1. The molecule has 4 rings (SSSR count). The van der Waals surface area contributed by atoms with E-state index in [-0.39, 0.29) is 12.3 Å². The van der Waals surface area contributed by atoms with E-state index in [9.17, 15) is 4.79 Å². The molecule has 0 radical (unpaired) electrons. The molecule has 0 bridgehead atoms. The second-order valence-electron chi connectivity index (χ2n) is 6.37. The molecular weight excluding hydrogens is 382 g/mol. The van der Waals surface area contributed by atoms with Gasteiger partial charge in [-0.3, -0.25) is 9.78 Å². The van der Waals surface area contributed by atoms with Crippen LogP contribution in [-0.4, -0.2) is 15.9 Å². The van der Waals surface area contributed by atoms with Gasteiger partial charge in [-0.25, -0.2) is 4.98 Å². The van der Waals surface area contributed by atoms with E-state index in [2.05, 4.69) is 15.3 Å². The van der Waals surface area contributed by atoms with E-state index in [1.54, 1.807) is 23.6 Å². The lowest BCUT2D eigenvalue weighted by atomic mass is 10.2. The van der Waals surface area contributed by atoms with Crippen molar-refractivity contribution in [2.24, 2.45) is 0 Å². The maximum absolute atomic E-state index is 12.4. The fourth-order valence-electron chi connectivity index (χ4n) is 2.78. The Morgan fingerprint density at radius 1 is 0.966 bits per heavy atom. The third-order valence-electron chi connectivity index (χ3n) is 4.14. The Bertz CT molecular complexity index is 1080. The summed E-state index contributed by atoms with van der Waals surface area (Å²) in [5.41, 5.74) is 3.35. The zero-order valence-electron chi connectivity index (χ0n) is 15.6. The number of carbonyl (C=O) groups excluding carboxylic acids is 1. The number of nitrogens with one attached hydrogen (secondary N) is 1. The Hall–Kier alpha value is -3.51. The van der Waals surface area contributed by atoms with E-state index >= 15 is 0 Å². The number of hydrogen-bond donors (Lipinski definition) is 1. The molecule has 0 spiro atoms. The summed E-state index contributed by atoms with van der Waals surface area (Å²) in [6.45, 7) is 0.374. The van der Waals surface area contributed by atoms with Crippen LogP contribution >= 0.6 is 11.3 Å². The molecule has 0 unspecified atom stereocenters. The average Bonchev–Trinajstić information content (AvgIpc) is 3.22. The monoisotopic (exact) mass is 401 g/mol. The number of anilines is 1. The van der Waals surface area contributed by atoms with Gasteiger partial charge in [0.2, 0.25) is 5.91 Å². The van der Waals surface area contributed by atoms with Gasteiger partial charge < -0.3 is 10.1 Å². The lowest BCUT2D eigenvalue weighted by Crippen LogP contribution is -2.14. The molecule has 0 saturated heterocycles. The van der Waals surface area contributed by atoms with Crippen LogP contribution in [0.15, 0.2) is 84.4 Å². The summed E-state index contributed by atoms with van der Waals surface area (Å²) in [5.74, 6) is 0.560. The Kier molecular flexibility index (Phi) is 5.92. The zero-order chi connectivity index (χ0) is 19.9. The average molecular weight is 401 g/mol. The predicted molar refractivity (Wildman–Crippen MR) is 115 cm³/mol. The van der Waals surface area contributed by atoms with Gasteiger partial charge in [-0.1, -0.05) is 42.5 Å². The van der Waals surface area contributed by atoms with Gasteiger partial charge in [0.05, 0.1) is 17.8 Å². The fraction of sp³-hybridized carbons (Fsp3) is 0.0870. The Labute approximate surface area is 173 Å².